The fraction of sp³-hybridized carbons (Fsp3) is 0.895. The number of hydrogen-bond acceptors (Lipinski definition) is 4. The lowest BCUT2D eigenvalue weighted by atomic mass is 9.46. The number of carbonyl (C=O) groups excluding carboxylic acids is 2. The molecule has 0 unspecified atom stereocenters. The lowest BCUT2D eigenvalue weighted by Gasteiger charge is -2.59. The molecule has 4 rings (SSSR count). The fourth-order valence-corrected chi connectivity index (χ4v) is 5.12. The number of rotatable bonds is 4. The zero-order valence-electron chi connectivity index (χ0n) is 14.9. The van der Waals surface area contributed by atoms with Gasteiger partial charge in [-0.3, -0.25) is 4.79 Å². The van der Waals surface area contributed by atoms with Crippen LogP contribution >= 0.6 is 0 Å². The monoisotopic (exact) mass is 322 g/mol. The van der Waals surface area contributed by atoms with Crippen molar-refractivity contribution in [2.24, 2.45) is 34.5 Å². The van der Waals surface area contributed by atoms with Crippen LogP contribution in [0.1, 0.15) is 59.8 Å². The predicted molar refractivity (Wildman–Crippen MR) is 86.5 cm³/mol. The second-order valence-corrected chi connectivity index (χ2v) is 9.30. The van der Waals surface area contributed by atoms with E-state index >= 15 is 0 Å². The van der Waals surface area contributed by atoms with Gasteiger partial charge in [-0.05, 0) is 76.5 Å². The molecule has 4 aliphatic rings. The first-order chi connectivity index (χ1) is 10.7. The van der Waals surface area contributed by atoms with Crippen LogP contribution in [-0.4, -0.2) is 25.2 Å². The van der Waals surface area contributed by atoms with E-state index in [0.717, 1.165) is 11.8 Å². The third-order valence-corrected chi connectivity index (χ3v) is 6.48. The Kier molecular flexibility index (Phi) is 4.22. The molecular formula is C19H30O4. The van der Waals surface area contributed by atoms with Crippen molar-refractivity contribution in [3.05, 3.63) is 0 Å². The molecule has 4 bridgehead atoms. The molecule has 0 aromatic carbocycles. The summed E-state index contributed by atoms with van der Waals surface area (Å²) in [5, 5.41) is 0. The number of hydrogen-bond donors (Lipinski definition) is 0. The third kappa shape index (κ3) is 3.27. The Morgan fingerprint density at radius 3 is 1.96 bits per heavy atom. The number of esters is 2. The van der Waals surface area contributed by atoms with E-state index in [2.05, 4.69) is 6.92 Å². The second kappa shape index (κ2) is 5.78. The van der Waals surface area contributed by atoms with Crippen molar-refractivity contribution in [1.29, 1.82) is 0 Å². The molecular weight excluding hydrogens is 292 g/mol. The van der Waals surface area contributed by atoms with Crippen LogP contribution in [0.3, 0.4) is 0 Å². The zero-order chi connectivity index (χ0) is 16.8. The Morgan fingerprint density at radius 2 is 1.48 bits per heavy atom. The van der Waals surface area contributed by atoms with Crippen LogP contribution in [0.2, 0.25) is 0 Å². The molecule has 0 aromatic heterocycles. The van der Waals surface area contributed by atoms with E-state index in [9.17, 15) is 9.59 Å². The van der Waals surface area contributed by atoms with Crippen molar-refractivity contribution < 1.29 is 19.1 Å². The summed E-state index contributed by atoms with van der Waals surface area (Å²) in [6.45, 7) is 7.83. The summed E-state index contributed by atoms with van der Waals surface area (Å²) in [7, 11) is 0. The first kappa shape index (κ1) is 16.8. The summed E-state index contributed by atoms with van der Waals surface area (Å²) >= 11 is 0. The Balaban J connectivity index is 1.50. The fourth-order valence-electron chi connectivity index (χ4n) is 5.12. The van der Waals surface area contributed by atoms with Crippen LogP contribution in [0.15, 0.2) is 0 Å². The van der Waals surface area contributed by atoms with Gasteiger partial charge in [0.1, 0.15) is 0 Å². The van der Waals surface area contributed by atoms with E-state index in [0.29, 0.717) is 18.4 Å². The van der Waals surface area contributed by atoms with E-state index in [1.165, 1.54) is 32.1 Å². The van der Waals surface area contributed by atoms with Gasteiger partial charge in [0.05, 0.1) is 12.0 Å². The van der Waals surface area contributed by atoms with Crippen LogP contribution in [0.5, 0.6) is 0 Å². The largest absolute Gasteiger partial charge is 0.463 e. The molecule has 4 heteroatoms. The number of carbonyl (C=O) groups is 2. The molecule has 4 nitrogen and oxygen atoms in total. The predicted octanol–water partition coefficient (Wildman–Crippen LogP) is 3.58. The Hall–Kier alpha value is -1.06. The summed E-state index contributed by atoms with van der Waals surface area (Å²) < 4.78 is 10.6. The van der Waals surface area contributed by atoms with Gasteiger partial charge in [0.25, 0.3) is 0 Å². The van der Waals surface area contributed by atoms with Gasteiger partial charge < -0.3 is 9.47 Å². The second-order valence-electron chi connectivity index (χ2n) is 9.30. The average Bonchev–Trinajstić information content (AvgIpc) is 2.46. The molecule has 0 aliphatic heterocycles. The van der Waals surface area contributed by atoms with Gasteiger partial charge in [-0.2, -0.15) is 0 Å². The topological polar surface area (TPSA) is 52.6 Å². The van der Waals surface area contributed by atoms with Gasteiger partial charge in [0.15, 0.2) is 6.61 Å². The minimum Gasteiger partial charge on any atom is -0.463 e. The van der Waals surface area contributed by atoms with Crippen molar-refractivity contribution in [2.45, 2.75) is 59.8 Å². The van der Waals surface area contributed by atoms with E-state index in [-0.39, 0.29) is 18.0 Å². The van der Waals surface area contributed by atoms with Crippen molar-refractivity contribution in [1.82, 2.24) is 0 Å². The highest BCUT2D eigenvalue weighted by molar-refractivity contribution is 5.79. The molecule has 0 atom stereocenters. The lowest BCUT2D eigenvalue weighted by Crippen LogP contribution is -2.53. The van der Waals surface area contributed by atoms with Crippen molar-refractivity contribution in [3.63, 3.8) is 0 Å². The molecule has 0 heterocycles. The molecule has 0 amide bonds. The van der Waals surface area contributed by atoms with Gasteiger partial charge in [-0.15, -0.1) is 0 Å². The van der Waals surface area contributed by atoms with Gasteiger partial charge in [0.2, 0.25) is 0 Å². The Bertz CT molecular complexity index is 460. The molecule has 4 aliphatic carbocycles. The first-order valence-corrected chi connectivity index (χ1v) is 9.01. The van der Waals surface area contributed by atoms with Gasteiger partial charge in [-0.1, -0.05) is 6.92 Å². The highest BCUT2D eigenvalue weighted by Crippen LogP contribution is 2.62. The van der Waals surface area contributed by atoms with Crippen molar-refractivity contribution in [2.75, 3.05) is 13.2 Å². The van der Waals surface area contributed by atoms with Crippen LogP contribution < -0.4 is 0 Å². The molecule has 4 fully saturated rings. The van der Waals surface area contributed by atoms with Crippen LogP contribution in [0, 0.1) is 34.5 Å². The maximum atomic E-state index is 12.0. The molecule has 23 heavy (non-hydrogen) atoms. The van der Waals surface area contributed by atoms with Crippen LogP contribution in [-0.2, 0) is 19.1 Å². The molecule has 0 saturated heterocycles. The third-order valence-electron chi connectivity index (χ3n) is 6.48. The Labute approximate surface area is 139 Å². The maximum Gasteiger partial charge on any atom is 0.344 e. The zero-order valence-corrected chi connectivity index (χ0v) is 14.9. The van der Waals surface area contributed by atoms with Crippen LogP contribution in [0.4, 0.5) is 0 Å². The highest BCUT2D eigenvalue weighted by Gasteiger charge is 2.55. The summed E-state index contributed by atoms with van der Waals surface area (Å²) in [6, 6.07) is 0. The standard InChI is InChI=1S/C19H30O4/c1-18(2,3)17(21)22-10-16(20)23-11-19(4)14-6-12-5-13(8-14)9-15(19)7-12/h12-15H,5-11H2,1-4H3. The van der Waals surface area contributed by atoms with Crippen molar-refractivity contribution in [3.8, 4) is 0 Å². The van der Waals surface area contributed by atoms with Gasteiger partial charge in [-0.25, -0.2) is 4.79 Å². The molecule has 130 valence electrons. The van der Waals surface area contributed by atoms with E-state index in [4.69, 9.17) is 9.47 Å². The molecule has 4 saturated carbocycles. The summed E-state index contributed by atoms with van der Waals surface area (Å²) in [4.78, 5) is 23.7. The maximum absolute atomic E-state index is 12.0. The Morgan fingerprint density at radius 1 is 0.957 bits per heavy atom. The minimum atomic E-state index is -0.590. The van der Waals surface area contributed by atoms with E-state index in [1.54, 1.807) is 20.8 Å². The van der Waals surface area contributed by atoms with Crippen LogP contribution in [0.25, 0.3) is 0 Å². The van der Waals surface area contributed by atoms with Gasteiger partial charge >= 0.3 is 11.9 Å². The molecule has 0 aromatic rings. The van der Waals surface area contributed by atoms with Crippen molar-refractivity contribution >= 4 is 11.9 Å². The lowest BCUT2D eigenvalue weighted by molar-refractivity contribution is -0.173. The normalized spacial score (nSPS) is 38.4. The minimum absolute atomic E-state index is 0.122. The highest BCUT2D eigenvalue weighted by atomic mass is 16.6. The first-order valence-electron chi connectivity index (χ1n) is 9.01. The summed E-state index contributed by atoms with van der Waals surface area (Å²) in [5.74, 6) is 2.43. The van der Waals surface area contributed by atoms with E-state index in [1.807, 2.05) is 0 Å². The van der Waals surface area contributed by atoms with Gasteiger partial charge in [0, 0.05) is 5.41 Å². The molecule has 0 N–H and O–H groups in total. The SMILES string of the molecule is CC(C)(C)C(=O)OCC(=O)OCC1(C)C2CC3CC(C2)CC1C3. The van der Waals surface area contributed by atoms with E-state index < -0.39 is 11.4 Å². The average molecular weight is 322 g/mol. The summed E-state index contributed by atoms with van der Waals surface area (Å²) in [5.41, 5.74) is -0.467. The smallest absolute Gasteiger partial charge is 0.344 e. The number of ether oxygens (including phenoxy) is 2. The quantitative estimate of drug-likeness (QED) is 0.742. The molecule has 0 spiro atoms. The summed E-state index contributed by atoms with van der Waals surface area (Å²) in [6.07, 6.45) is 6.64. The molecule has 0 radical (unpaired) electrons.